The minimum Gasteiger partial charge on any atom is -0.494 e. The summed E-state index contributed by atoms with van der Waals surface area (Å²) in [6, 6.07) is 12.2. The Balaban J connectivity index is 1.50. The average molecular weight is 432 g/mol. The minimum atomic E-state index is 0.0299. The van der Waals surface area contributed by atoms with Crippen molar-refractivity contribution >= 4 is 6.08 Å². The van der Waals surface area contributed by atoms with Crippen LogP contribution in [0.4, 0.5) is 0 Å². The van der Waals surface area contributed by atoms with E-state index < -0.39 is 0 Å². The number of hydrogen-bond donors (Lipinski definition) is 0. The summed E-state index contributed by atoms with van der Waals surface area (Å²) in [7, 11) is 0. The van der Waals surface area contributed by atoms with Crippen molar-refractivity contribution in [1.29, 1.82) is 10.5 Å². The van der Waals surface area contributed by atoms with E-state index in [4.69, 9.17) is 9.47 Å². The van der Waals surface area contributed by atoms with Crippen molar-refractivity contribution in [3.8, 4) is 17.9 Å². The summed E-state index contributed by atoms with van der Waals surface area (Å²) in [5.41, 5.74) is 3.32. The Morgan fingerprint density at radius 2 is 1.78 bits per heavy atom. The number of nitrogens with zero attached hydrogens (tertiary/aromatic N) is 3. The summed E-state index contributed by atoms with van der Waals surface area (Å²) >= 11 is 0. The lowest BCUT2D eigenvalue weighted by atomic mass is 9.74. The van der Waals surface area contributed by atoms with Crippen LogP contribution in [-0.2, 0) is 4.74 Å². The van der Waals surface area contributed by atoms with Crippen LogP contribution in [-0.4, -0.2) is 44.4 Å². The maximum absolute atomic E-state index is 9.22. The highest BCUT2D eigenvalue weighted by molar-refractivity contribution is 5.56. The van der Waals surface area contributed by atoms with Crippen LogP contribution in [0.5, 0.6) is 5.75 Å². The van der Waals surface area contributed by atoms with E-state index in [0.717, 1.165) is 87.6 Å². The van der Waals surface area contributed by atoms with Crippen molar-refractivity contribution in [2.45, 2.75) is 39.5 Å². The first-order chi connectivity index (χ1) is 15.5. The molecule has 3 rings (SSSR count). The maximum Gasteiger partial charge on any atom is 0.132 e. The van der Waals surface area contributed by atoms with Crippen molar-refractivity contribution in [3.05, 3.63) is 58.7 Å². The third-order valence-corrected chi connectivity index (χ3v) is 5.87. The first-order valence-corrected chi connectivity index (χ1v) is 11.4. The quantitative estimate of drug-likeness (QED) is 0.414. The van der Waals surface area contributed by atoms with E-state index in [-0.39, 0.29) is 11.0 Å². The van der Waals surface area contributed by atoms with E-state index in [1.54, 1.807) is 0 Å². The molecule has 1 aromatic carbocycles. The molecule has 0 radical (unpaired) electrons. The van der Waals surface area contributed by atoms with Crippen molar-refractivity contribution in [2.24, 2.45) is 5.41 Å². The largest absolute Gasteiger partial charge is 0.494 e. The predicted octanol–water partition coefficient (Wildman–Crippen LogP) is 5.28. The summed E-state index contributed by atoms with van der Waals surface area (Å²) in [6.45, 7) is 9.98. The lowest BCUT2D eigenvalue weighted by Gasteiger charge is -2.30. The maximum atomic E-state index is 9.22. The van der Waals surface area contributed by atoms with E-state index in [1.807, 2.05) is 30.3 Å². The van der Waals surface area contributed by atoms with Gasteiger partial charge in [-0.15, -0.1) is 0 Å². The Kier molecular flexibility index (Phi) is 8.68. The lowest BCUT2D eigenvalue weighted by Crippen LogP contribution is -2.36. The predicted molar refractivity (Wildman–Crippen MR) is 127 cm³/mol. The molecule has 5 heteroatoms. The zero-order valence-electron chi connectivity index (χ0n) is 19.3. The number of allylic oxidation sites excluding steroid dienone is 5. The van der Waals surface area contributed by atoms with Gasteiger partial charge in [0.25, 0.3) is 0 Å². The van der Waals surface area contributed by atoms with Gasteiger partial charge in [-0.1, -0.05) is 44.2 Å². The molecule has 32 heavy (non-hydrogen) atoms. The van der Waals surface area contributed by atoms with Crippen molar-refractivity contribution in [1.82, 2.24) is 4.90 Å². The SMILES string of the molecule is CC1(C)CC(/C=C/c2ccc(OCCCCN3CCOCC3)cc2)=CC(=C(C#N)C#N)C1. The molecule has 1 aromatic rings. The molecular weight excluding hydrogens is 398 g/mol. The summed E-state index contributed by atoms with van der Waals surface area (Å²) < 4.78 is 11.3. The fraction of sp³-hybridized carbons (Fsp3) is 0.481. The van der Waals surface area contributed by atoms with Gasteiger partial charge in [0.15, 0.2) is 0 Å². The normalized spacial score (nSPS) is 18.6. The third-order valence-electron chi connectivity index (χ3n) is 5.87. The molecule has 0 atom stereocenters. The molecule has 0 N–H and O–H groups in total. The monoisotopic (exact) mass is 431 g/mol. The first kappa shape index (κ1) is 23.8. The first-order valence-electron chi connectivity index (χ1n) is 11.4. The number of hydrogen-bond acceptors (Lipinski definition) is 5. The highest BCUT2D eigenvalue weighted by Gasteiger charge is 2.26. The van der Waals surface area contributed by atoms with Crippen LogP contribution in [0.2, 0.25) is 0 Å². The molecule has 0 spiro atoms. The number of morpholine rings is 1. The fourth-order valence-corrected chi connectivity index (χ4v) is 4.22. The van der Waals surface area contributed by atoms with Gasteiger partial charge >= 0.3 is 0 Å². The Morgan fingerprint density at radius 1 is 1.06 bits per heavy atom. The van der Waals surface area contributed by atoms with E-state index in [9.17, 15) is 10.5 Å². The molecule has 1 saturated heterocycles. The van der Waals surface area contributed by atoms with Gasteiger partial charge in [0.05, 0.1) is 19.8 Å². The second kappa shape index (κ2) is 11.7. The smallest absolute Gasteiger partial charge is 0.132 e. The molecule has 0 bridgehead atoms. The van der Waals surface area contributed by atoms with Gasteiger partial charge in [0.1, 0.15) is 23.5 Å². The zero-order valence-corrected chi connectivity index (χ0v) is 19.3. The van der Waals surface area contributed by atoms with Crippen molar-refractivity contribution in [3.63, 3.8) is 0 Å². The second-order valence-corrected chi connectivity index (χ2v) is 9.27. The van der Waals surface area contributed by atoms with Gasteiger partial charge < -0.3 is 9.47 Å². The number of benzene rings is 1. The molecule has 0 amide bonds. The van der Waals surface area contributed by atoms with Crippen LogP contribution < -0.4 is 4.74 Å². The second-order valence-electron chi connectivity index (χ2n) is 9.27. The van der Waals surface area contributed by atoms with Crippen molar-refractivity contribution < 1.29 is 9.47 Å². The van der Waals surface area contributed by atoms with Gasteiger partial charge in [0.2, 0.25) is 0 Å². The van der Waals surface area contributed by atoms with Crippen LogP contribution in [0.3, 0.4) is 0 Å². The van der Waals surface area contributed by atoms with Crippen LogP contribution in [0.1, 0.15) is 45.1 Å². The standard InChI is InChI=1S/C27H33N3O2/c1-27(2)18-23(17-24(19-27)25(20-28)21-29)6-5-22-7-9-26(10-8-22)32-14-4-3-11-30-12-15-31-16-13-30/h5-10,17H,3-4,11-16,18-19H2,1-2H3/b6-5+. The fourth-order valence-electron chi connectivity index (χ4n) is 4.22. The molecule has 1 fully saturated rings. The minimum absolute atomic E-state index is 0.0299. The van der Waals surface area contributed by atoms with Crippen LogP contribution in [0.15, 0.2) is 53.1 Å². The Labute approximate surface area is 192 Å². The van der Waals surface area contributed by atoms with Gasteiger partial charge in [0, 0.05) is 13.1 Å². The lowest BCUT2D eigenvalue weighted by molar-refractivity contribution is 0.0368. The summed E-state index contributed by atoms with van der Waals surface area (Å²) in [5.74, 6) is 0.893. The van der Waals surface area contributed by atoms with Crippen LogP contribution >= 0.6 is 0 Å². The third kappa shape index (κ3) is 7.38. The molecule has 1 aliphatic heterocycles. The number of ether oxygens (including phenoxy) is 2. The number of nitriles is 2. The zero-order chi connectivity index (χ0) is 22.8. The number of rotatable bonds is 8. The van der Waals surface area contributed by atoms with E-state index >= 15 is 0 Å². The molecule has 1 heterocycles. The number of unbranched alkanes of at least 4 members (excludes halogenated alkanes) is 1. The molecule has 168 valence electrons. The van der Waals surface area contributed by atoms with Gasteiger partial charge in [-0.25, -0.2) is 0 Å². The molecule has 5 nitrogen and oxygen atoms in total. The molecule has 0 aromatic heterocycles. The Morgan fingerprint density at radius 3 is 2.47 bits per heavy atom. The van der Waals surface area contributed by atoms with Gasteiger partial charge in [-0.05, 0) is 66.5 Å². The molecule has 0 saturated carbocycles. The Bertz CT molecular complexity index is 921. The van der Waals surface area contributed by atoms with E-state index in [1.165, 1.54) is 0 Å². The Hall–Kier alpha value is -2.86. The highest BCUT2D eigenvalue weighted by Crippen LogP contribution is 2.39. The van der Waals surface area contributed by atoms with E-state index in [2.05, 4.69) is 43.0 Å². The molecule has 2 aliphatic rings. The van der Waals surface area contributed by atoms with Crippen molar-refractivity contribution in [2.75, 3.05) is 39.5 Å². The summed E-state index contributed by atoms with van der Waals surface area (Å²) in [6.07, 6.45) is 10.0. The van der Waals surface area contributed by atoms with Crippen LogP contribution in [0.25, 0.3) is 6.08 Å². The summed E-state index contributed by atoms with van der Waals surface area (Å²) in [5, 5.41) is 18.4. The average Bonchev–Trinajstić information content (AvgIpc) is 2.79. The van der Waals surface area contributed by atoms with Gasteiger partial charge in [-0.2, -0.15) is 10.5 Å². The molecule has 0 unspecified atom stereocenters. The molecular formula is C27H33N3O2. The van der Waals surface area contributed by atoms with Gasteiger partial charge in [-0.3, -0.25) is 4.90 Å². The molecule has 1 aliphatic carbocycles. The van der Waals surface area contributed by atoms with E-state index in [0.29, 0.717) is 0 Å². The summed E-state index contributed by atoms with van der Waals surface area (Å²) in [4.78, 5) is 2.45. The highest BCUT2D eigenvalue weighted by atomic mass is 16.5. The van der Waals surface area contributed by atoms with Crippen LogP contribution in [0, 0.1) is 28.1 Å². The topological polar surface area (TPSA) is 69.3 Å².